The van der Waals surface area contributed by atoms with Gasteiger partial charge in [-0.3, -0.25) is 4.79 Å². The lowest BCUT2D eigenvalue weighted by Gasteiger charge is -1.94. The van der Waals surface area contributed by atoms with Gasteiger partial charge in [-0.05, 0) is 6.42 Å². The minimum absolute atomic E-state index is 0.0678. The number of rotatable bonds is 3. The van der Waals surface area contributed by atoms with E-state index in [9.17, 15) is 15.0 Å². The zero-order valence-electron chi connectivity index (χ0n) is 7.97. The number of aliphatic carboxylic acids is 1. The summed E-state index contributed by atoms with van der Waals surface area (Å²) in [6.07, 6.45) is 0.923. The van der Waals surface area contributed by atoms with Crippen molar-refractivity contribution in [3.8, 4) is 23.7 Å². The maximum atomic E-state index is 10.2. The minimum Gasteiger partial charge on any atom is -0.494 e. The Morgan fingerprint density at radius 3 is 2.47 bits per heavy atom. The van der Waals surface area contributed by atoms with Crippen molar-refractivity contribution in [1.29, 1.82) is 0 Å². The summed E-state index contributed by atoms with van der Waals surface area (Å²) in [5.74, 6) is 1.52. The molecule has 0 aliphatic rings. The van der Waals surface area contributed by atoms with Gasteiger partial charge in [-0.2, -0.15) is 0 Å². The summed E-state index contributed by atoms with van der Waals surface area (Å²) in [4.78, 5) is 10.2. The quantitative estimate of drug-likeness (QED) is 0.511. The number of aromatic hydroxyl groups is 2. The third-order valence-corrected chi connectivity index (χ3v) is 1.72. The van der Waals surface area contributed by atoms with Crippen molar-refractivity contribution in [3.63, 3.8) is 0 Å². The average Bonchev–Trinajstić information content (AvgIpc) is 2.47. The van der Waals surface area contributed by atoms with E-state index in [1.807, 2.05) is 0 Å². The third-order valence-electron chi connectivity index (χ3n) is 1.72. The smallest absolute Gasteiger partial charge is 0.303 e. The molecule has 15 heavy (non-hydrogen) atoms. The van der Waals surface area contributed by atoms with Crippen LogP contribution in [0.3, 0.4) is 0 Å². The molecule has 5 nitrogen and oxygen atoms in total. The molecule has 80 valence electrons. The van der Waals surface area contributed by atoms with E-state index in [0.717, 1.165) is 4.57 Å². The molecule has 0 spiro atoms. The number of hydrogen-bond acceptors (Lipinski definition) is 3. The van der Waals surface area contributed by atoms with E-state index in [4.69, 9.17) is 5.11 Å². The second-order valence-electron chi connectivity index (χ2n) is 2.92. The standard InChI is InChI=1S/C10H11NO4/c12-8-5-6-9(13)11(8)7-3-1-2-4-10(14)15/h5-6,12-13H,1-2,4H2,(H,14,15). The summed E-state index contributed by atoms with van der Waals surface area (Å²) in [6.45, 7) is 0. The summed E-state index contributed by atoms with van der Waals surface area (Å²) in [5, 5.41) is 26.7. The zero-order valence-corrected chi connectivity index (χ0v) is 7.97. The molecule has 1 rings (SSSR count). The van der Waals surface area contributed by atoms with E-state index in [2.05, 4.69) is 12.0 Å². The predicted octanol–water partition coefficient (Wildman–Crippen LogP) is 0.963. The molecule has 1 aromatic heterocycles. The van der Waals surface area contributed by atoms with E-state index in [1.165, 1.54) is 12.1 Å². The Labute approximate surface area is 86.6 Å². The number of hydrogen-bond donors (Lipinski definition) is 3. The van der Waals surface area contributed by atoms with Crippen LogP contribution in [0.5, 0.6) is 11.8 Å². The summed E-state index contributed by atoms with van der Waals surface area (Å²) >= 11 is 0. The minimum atomic E-state index is -0.858. The van der Waals surface area contributed by atoms with E-state index in [1.54, 1.807) is 0 Å². The van der Waals surface area contributed by atoms with Crippen LogP contribution in [0.2, 0.25) is 0 Å². The fourth-order valence-electron chi connectivity index (χ4n) is 0.993. The number of carbonyl (C=O) groups is 1. The van der Waals surface area contributed by atoms with E-state index in [0.29, 0.717) is 12.8 Å². The average molecular weight is 209 g/mol. The zero-order chi connectivity index (χ0) is 11.3. The molecule has 0 fully saturated rings. The van der Waals surface area contributed by atoms with Gasteiger partial charge in [0.2, 0.25) is 11.8 Å². The van der Waals surface area contributed by atoms with Gasteiger partial charge in [0.15, 0.2) is 0 Å². The maximum absolute atomic E-state index is 10.2. The molecule has 0 aromatic carbocycles. The van der Waals surface area contributed by atoms with Gasteiger partial charge < -0.3 is 15.3 Å². The van der Waals surface area contributed by atoms with Crippen molar-refractivity contribution in [2.24, 2.45) is 0 Å². The van der Waals surface area contributed by atoms with Crippen molar-refractivity contribution < 1.29 is 20.1 Å². The SMILES string of the molecule is O=C(O)CCCC#Cn1c(O)ccc1O. The largest absolute Gasteiger partial charge is 0.494 e. The molecular weight excluding hydrogens is 198 g/mol. The van der Waals surface area contributed by atoms with Gasteiger partial charge in [0, 0.05) is 31.0 Å². The van der Waals surface area contributed by atoms with Crippen LogP contribution < -0.4 is 0 Å². The summed E-state index contributed by atoms with van der Waals surface area (Å²) < 4.78 is 1.03. The van der Waals surface area contributed by atoms with Crippen LogP contribution in [-0.4, -0.2) is 25.9 Å². The maximum Gasteiger partial charge on any atom is 0.303 e. The van der Waals surface area contributed by atoms with E-state index in [-0.39, 0.29) is 18.2 Å². The Kier molecular flexibility index (Phi) is 3.63. The Bertz CT molecular complexity index is 391. The number of aromatic nitrogens is 1. The van der Waals surface area contributed by atoms with Gasteiger partial charge in [-0.15, -0.1) is 0 Å². The molecule has 0 radical (unpaired) electrons. The van der Waals surface area contributed by atoms with Crippen molar-refractivity contribution >= 4 is 5.97 Å². The molecule has 0 aliphatic heterocycles. The molecule has 1 heterocycles. The van der Waals surface area contributed by atoms with Crippen LogP contribution in [0.1, 0.15) is 19.3 Å². The predicted molar refractivity (Wildman–Crippen MR) is 52.4 cm³/mol. The highest BCUT2D eigenvalue weighted by Gasteiger charge is 2.01. The Morgan fingerprint density at radius 1 is 1.33 bits per heavy atom. The molecule has 0 amide bonds. The lowest BCUT2D eigenvalue weighted by Crippen LogP contribution is -1.93. The Hall–Kier alpha value is -2.09. The lowest BCUT2D eigenvalue weighted by atomic mass is 10.2. The Balaban J connectivity index is 2.48. The first-order valence-electron chi connectivity index (χ1n) is 4.41. The third kappa shape index (κ3) is 3.27. The number of carboxylic acids is 1. The van der Waals surface area contributed by atoms with Gasteiger partial charge in [0.05, 0.1) is 0 Å². The number of unbranched alkanes of at least 4 members (excludes halogenated alkanes) is 1. The number of nitrogens with zero attached hydrogens (tertiary/aromatic N) is 1. The first-order valence-corrected chi connectivity index (χ1v) is 4.41. The summed E-state index contributed by atoms with van der Waals surface area (Å²) in [5.41, 5.74) is 0. The van der Waals surface area contributed by atoms with Crippen LogP contribution in [0.25, 0.3) is 0 Å². The highest BCUT2D eigenvalue weighted by molar-refractivity contribution is 5.66. The lowest BCUT2D eigenvalue weighted by molar-refractivity contribution is -0.137. The molecule has 0 aliphatic carbocycles. The van der Waals surface area contributed by atoms with E-state index >= 15 is 0 Å². The number of carboxylic acid groups (broad SMARTS) is 1. The van der Waals surface area contributed by atoms with E-state index < -0.39 is 5.97 Å². The molecule has 0 unspecified atom stereocenters. The van der Waals surface area contributed by atoms with Crippen molar-refractivity contribution in [2.75, 3.05) is 0 Å². The van der Waals surface area contributed by atoms with Gasteiger partial charge in [0.1, 0.15) is 0 Å². The van der Waals surface area contributed by atoms with Gasteiger partial charge in [0.25, 0.3) is 0 Å². The van der Waals surface area contributed by atoms with Crippen molar-refractivity contribution in [1.82, 2.24) is 4.57 Å². The topological polar surface area (TPSA) is 82.7 Å². The monoisotopic (exact) mass is 209 g/mol. The normalized spacial score (nSPS) is 9.33. The second-order valence-corrected chi connectivity index (χ2v) is 2.92. The second kappa shape index (κ2) is 4.96. The van der Waals surface area contributed by atoms with Crippen LogP contribution in [-0.2, 0) is 4.79 Å². The molecular formula is C10H11NO4. The van der Waals surface area contributed by atoms with Crippen LogP contribution in [0.4, 0.5) is 0 Å². The van der Waals surface area contributed by atoms with Gasteiger partial charge in [-0.25, -0.2) is 4.57 Å². The molecule has 5 heteroatoms. The first-order chi connectivity index (χ1) is 7.11. The summed E-state index contributed by atoms with van der Waals surface area (Å²) in [7, 11) is 0. The first kappa shape index (κ1) is 11.0. The molecule has 0 atom stereocenters. The molecule has 3 N–H and O–H groups in total. The van der Waals surface area contributed by atoms with Crippen LogP contribution >= 0.6 is 0 Å². The summed E-state index contributed by atoms with van der Waals surface area (Å²) in [6, 6.07) is 5.15. The highest BCUT2D eigenvalue weighted by atomic mass is 16.4. The molecule has 0 saturated heterocycles. The fourth-order valence-corrected chi connectivity index (χ4v) is 0.993. The Morgan fingerprint density at radius 2 is 1.93 bits per heavy atom. The van der Waals surface area contributed by atoms with Crippen molar-refractivity contribution in [3.05, 3.63) is 12.1 Å². The fraction of sp³-hybridized carbons (Fsp3) is 0.300. The van der Waals surface area contributed by atoms with Crippen molar-refractivity contribution in [2.45, 2.75) is 19.3 Å². The van der Waals surface area contributed by atoms with Gasteiger partial charge >= 0.3 is 5.97 Å². The molecule has 1 aromatic rings. The molecule has 0 saturated carbocycles. The van der Waals surface area contributed by atoms with Crippen LogP contribution in [0, 0.1) is 12.0 Å². The molecule has 0 bridgehead atoms. The van der Waals surface area contributed by atoms with Crippen LogP contribution in [0.15, 0.2) is 12.1 Å². The van der Waals surface area contributed by atoms with Gasteiger partial charge in [-0.1, -0.05) is 5.92 Å². The highest BCUT2D eigenvalue weighted by Crippen LogP contribution is 2.18.